The minimum absolute atomic E-state index is 0.232. The summed E-state index contributed by atoms with van der Waals surface area (Å²) in [5.41, 5.74) is 0.963. The van der Waals surface area contributed by atoms with Gasteiger partial charge in [-0.3, -0.25) is 0 Å². The van der Waals surface area contributed by atoms with Crippen LogP contribution in [0.4, 0.5) is 0 Å². The SMILES string of the molecule is CN(C)CC1CCCCC1(O)c1cccc(O)c1.O=C(O)/C=C/c1ccccc1. The fraction of sp³-hybridized carbons (Fsp3) is 0.375. The Morgan fingerprint density at radius 3 is 2.48 bits per heavy atom. The quantitative estimate of drug-likeness (QED) is 0.662. The van der Waals surface area contributed by atoms with Gasteiger partial charge in [-0.25, -0.2) is 4.79 Å². The van der Waals surface area contributed by atoms with Crippen molar-refractivity contribution >= 4 is 12.0 Å². The van der Waals surface area contributed by atoms with Gasteiger partial charge in [0.2, 0.25) is 0 Å². The maximum absolute atomic E-state index is 11.0. The molecule has 0 radical (unpaired) electrons. The van der Waals surface area contributed by atoms with E-state index < -0.39 is 11.6 Å². The molecule has 5 heteroatoms. The summed E-state index contributed by atoms with van der Waals surface area (Å²) in [4.78, 5) is 12.2. The highest BCUT2D eigenvalue weighted by molar-refractivity contribution is 5.85. The van der Waals surface area contributed by atoms with Crippen LogP contribution in [0, 0.1) is 5.92 Å². The van der Waals surface area contributed by atoms with Crippen LogP contribution in [0.15, 0.2) is 60.7 Å². The summed E-state index contributed by atoms with van der Waals surface area (Å²) >= 11 is 0. The van der Waals surface area contributed by atoms with Crippen LogP contribution in [0.3, 0.4) is 0 Å². The van der Waals surface area contributed by atoms with E-state index in [0.717, 1.165) is 43.0 Å². The lowest BCUT2D eigenvalue weighted by Gasteiger charge is -2.41. The molecule has 1 saturated carbocycles. The minimum atomic E-state index is -0.922. The number of benzene rings is 2. The number of carboxylic acid groups (broad SMARTS) is 1. The standard InChI is InChI=1S/C15H23NO2.C9H8O2/c1-16(2)11-13-6-3-4-9-15(13,18)12-7-5-8-14(17)10-12;10-9(11)7-6-8-4-2-1-3-5-8/h5,7-8,10,13,17-18H,3-4,6,9,11H2,1-2H3;1-7H,(H,10,11)/b;7-6+. The second-order valence-corrected chi connectivity index (χ2v) is 7.76. The Hall–Kier alpha value is -2.63. The Morgan fingerprint density at radius 2 is 1.86 bits per heavy atom. The first kappa shape index (κ1) is 22.7. The van der Waals surface area contributed by atoms with Crippen LogP contribution in [0.2, 0.25) is 0 Å². The number of aliphatic carboxylic acids is 1. The molecule has 29 heavy (non-hydrogen) atoms. The van der Waals surface area contributed by atoms with Gasteiger partial charge in [-0.15, -0.1) is 0 Å². The number of phenolic OH excluding ortho intramolecular Hbond substituents is 1. The Labute approximate surface area is 172 Å². The van der Waals surface area contributed by atoms with Crippen LogP contribution in [0.25, 0.3) is 6.08 Å². The van der Waals surface area contributed by atoms with Crippen molar-refractivity contribution in [3.63, 3.8) is 0 Å². The van der Waals surface area contributed by atoms with E-state index in [2.05, 4.69) is 4.90 Å². The number of nitrogens with zero attached hydrogens (tertiary/aromatic N) is 1. The van der Waals surface area contributed by atoms with Gasteiger partial charge in [-0.2, -0.15) is 0 Å². The molecule has 0 heterocycles. The molecule has 0 bridgehead atoms. The smallest absolute Gasteiger partial charge is 0.328 e. The predicted molar refractivity (Wildman–Crippen MR) is 116 cm³/mol. The number of rotatable bonds is 5. The predicted octanol–water partition coefficient (Wildman–Crippen LogP) is 4.12. The van der Waals surface area contributed by atoms with Gasteiger partial charge in [-0.05, 0) is 56.3 Å². The van der Waals surface area contributed by atoms with Gasteiger partial charge in [0.15, 0.2) is 0 Å². The summed E-state index contributed by atoms with van der Waals surface area (Å²) in [6.45, 7) is 0.881. The molecule has 0 aliphatic heterocycles. The van der Waals surface area contributed by atoms with Gasteiger partial charge < -0.3 is 20.2 Å². The van der Waals surface area contributed by atoms with Gasteiger partial charge in [0.1, 0.15) is 5.75 Å². The first-order chi connectivity index (χ1) is 13.8. The lowest BCUT2D eigenvalue weighted by molar-refractivity contribution is -0.131. The van der Waals surface area contributed by atoms with Crippen molar-refractivity contribution in [3.05, 3.63) is 71.8 Å². The van der Waals surface area contributed by atoms with Crippen LogP contribution in [0.5, 0.6) is 5.75 Å². The van der Waals surface area contributed by atoms with Crippen molar-refractivity contribution in [2.75, 3.05) is 20.6 Å². The second-order valence-electron chi connectivity index (χ2n) is 7.76. The molecule has 2 atom stereocenters. The second kappa shape index (κ2) is 10.8. The zero-order chi connectivity index (χ0) is 21.3. The topological polar surface area (TPSA) is 81.0 Å². The summed E-state index contributed by atoms with van der Waals surface area (Å²) in [7, 11) is 4.08. The highest BCUT2D eigenvalue weighted by Crippen LogP contribution is 2.42. The number of hydrogen-bond donors (Lipinski definition) is 3. The van der Waals surface area contributed by atoms with Gasteiger partial charge >= 0.3 is 5.97 Å². The summed E-state index contributed by atoms with van der Waals surface area (Å²) in [6.07, 6.45) is 6.74. The van der Waals surface area contributed by atoms with Crippen molar-refractivity contribution in [2.24, 2.45) is 5.92 Å². The third-order valence-corrected chi connectivity index (χ3v) is 5.19. The molecule has 3 N–H and O–H groups in total. The molecule has 0 saturated heterocycles. The summed E-state index contributed by atoms with van der Waals surface area (Å²) in [6, 6.07) is 16.4. The number of carbonyl (C=O) groups is 1. The van der Waals surface area contributed by atoms with Crippen LogP contribution >= 0.6 is 0 Å². The fourth-order valence-corrected chi connectivity index (χ4v) is 3.80. The monoisotopic (exact) mass is 397 g/mol. The van der Waals surface area contributed by atoms with Gasteiger partial charge in [0, 0.05) is 18.5 Å². The van der Waals surface area contributed by atoms with Crippen molar-refractivity contribution in [3.8, 4) is 5.75 Å². The van der Waals surface area contributed by atoms with E-state index in [1.807, 2.05) is 56.6 Å². The number of hydrogen-bond acceptors (Lipinski definition) is 4. The molecule has 5 nitrogen and oxygen atoms in total. The molecule has 1 aliphatic carbocycles. The van der Waals surface area contributed by atoms with Crippen LogP contribution in [0.1, 0.15) is 36.8 Å². The van der Waals surface area contributed by atoms with Crippen molar-refractivity contribution in [1.29, 1.82) is 0 Å². The normalized spacial score (nSPS) is 21.6. The molecule has 1 fully saturated rings. The lowest BCUT2D eigenvalue weighted by Crippen LogP contribution is -2.43. The highest BCUT2D eigenvalue weighted by atomic mass is 16.4. The van der Waals surface area contributed by atoms with E-state index in [1.165, 1.54) is 6.42 Å². The van der Waals surface area contributed by atoms with E-state index in [-0.39, 0.29) is 11.7 Å². The summed E-state index contributed by atoms with van der Waals surface area (Å²) < 4.78 is 0. The van der Waals surface area contributed by atoms with E-state index in [4.69, 9.17) is 5.11 Å². The molecule has 0 amide bonds. The third-order valence-electron chi connectivity index (χ3n) is 5.19. The lowest BCUT2D eigenvalue weighted by atomic mass is 9.71. The van der Waals surface area contributed by atoms with Gasteiger partial charge in [0.25, 0.3) is 0 Å². The Bertz CT molecular complexity index is 804. The molecular formula is C24H31NO4. The summed E-state index contributed by atoms with van der Waals surface area (Å²) in [5, 5.41) is 28.9. The Balaban J connectivity index is 0.000000234. The van der Waals surface area contributed by atoms with E-state index in [9.17, 15) is 15.0 Å². The van der Waals surface area contributed by atoms with E-state index in [1.54, 1.807) is 18.2 Å². The number of aromatic hydroxyl groups is 1. The average Bonchev–Trinajstić information content (AvgIpc) is 2.69. The van der Waals surface area contributed by atoms with Crippen molar-refractivity contribution in [2.45, 2.75) is 31.3 Å². The Kier molecular flexibility index (Phi) is 8.43. The van der Waals surface area contributed by atoms with E-state index in [0.29, 0.717) is 0 Å². The third kappa shape index (κ3) is 7.04. The van der Waals surface area contributed by atoms with Crippen LogP contribution in [-0.2, 0) is 10.4 Å². The maximum Gasteiger partial charge on any atom is 0.328 e. The molecule has 2 unspecified atom stereocenters. The molecule has 156 valence electrons. The maximum atomic E-state index is 11.0. The number of aliphatic hydroxyl groups is 1. The molecular weight excluding hydrogens is 366 g/mol. The largest absolute Gasteiger partial charge is 0.508 e. The minimum Gasteiger partial charge on any atom is -0.508 e. The number of phenols is 1. The van der Waals surface area contributed by atoms with Crippen LogP contribution < -0.4 is 0 Å². The molecule has 3 rings (SSSR count). The average molecular weight is 398 g/mol. The molecule has 0 spiro atoms. The first-order valence-corrected chi connectivity index (χ1v) is 9.94. The zero-order valence-electron chi connectivity index (χ0n) is 17.2. The van der Waals surface area contributed by atoms with Crippen molar-refractivity contribution < 1.29 is 20.1 Å². The molecule has 2 aromatic carbocycles. The van der Waals surface area contributed by atoms with Crippen molar-refractivity contribution in [1.82, 2.24) is 4.90 Å². The Morgan fingerprint density at radius 1 is 1.14 bits per heavy atom. The zero-order valence-corrected chi connectivity index (χ0v) is 17.2. The van der Waals surface area contributed by atoms with Gasteiger partial charge in [-0.1, -0.05) is 55.3 Å². The van der Waals surface area contributed by atoms with Gasteiger partial charge in [0.05, 0.1) is 5.60 Å². The molecule has 2 aromatic rings. The number of carboxylic acids is 1. The first-order valence-electron chi connectivity index (χ1n) is 9.94. The molecule has 0 aromatic heterocycles. The molecule has 1 aliphatic rings. The van der Waals surface area contributed by atoms with E-state index >= 15 is 0 Å². The summed E-state index contributed by atoms with van der Waals surface area (Å²) in [5.74, 6) is -0.452. The fourth-order valence-electron chi connectivity index (χ4n) is 3.80. The van der Waals surface area contributed by atoms with Crippen LogP contribution in [-0.4, -0.2) is 46.8 Å². The highest BCUT2D eigenvalue weighted by Gasteiger charge is 2.40.